The summed E-state index contributed by atoms with van der Waals surface area (Å²) in [4.78, 5) is 29.6. The smallest absolute Gasteiger partial charge is 0.349 e. The molecule has 1 unspecified atom stereocenters. The van der Waals surface area contributed by atoms with Crippen molar-refractivity contribution in [2.45, 2.75) is 55.2 Å². The van der Waals surface area contributed by atoms with Crippen molar-refractivity contribution >= 4 is 28.1 Å². The van der Waals surface area contributed by atoms with Crippen molar-refractivity contribution in [1.82, 2.24) is 10.2 Å². The third-order valence-electron chi connectivity index (χ3n) is 9.95. The first kappa shape index (κ1) is 35.9. The molecule has 6 rings (SSSR count). The van der Waals surface area contributed by atoms with Crippen LogP contribution in [0.2, 0.25) is 5.82 Å². The molecule has 2 aliphatic rings. The molecule has 50 heavy (non-hydrogen) atoms. The minimum atomic E-state index is -4.43. The lowest BCUT2D eigenvalue weighted by molar-refractivity contribution is -0.137. The third-order valence-corrected chi connectivity index (χ3v) is 10.2. The average molecular weight is 704 g/mol. The number of carbonyl (C=O) groups excluding carboxylic acids is 2. The Labute approximate surface area is 292 Å². The Hall–Kier alpha value is -3.88. The number of nitrogens with zero attached hydrogens (tertiary/aromatic N) is 1. The van der Waals surface area contributed by atoms with Gasteiger partial charge in [-0.3, -0.25) is 4.79 Å². The zero-order valence-corrected chi connectivity index (χ0v) is 28.6. The number of hydrogen-bond donors (Lipinski definition) is 1. The van der Waals surface area contributed by atoms with Crippen LogP contribution in [0.1, 0.15) is 59.2 Å². The van der Waals surface area contributed by atoms with Crippen LogP contribution in [0.15, 0.2) is 97.1 Å². The molecule has 4 nitrogen and oxygen atoms in total. The van der Waals surface area contributed by atoms with Gasteiger partial charge in [0.05, 0.1) is 12.1 Å². The maximum Gasteiger partial charge on any atom is 0.416 e. The second-order valence-corrected chi connectivity index (χ2v) is 14.1. The zero-order valence-electron chi connectivity index (χ0n) is 27.5. The van der Waals surface area contributed by atoms with E-state index in [1.165, 1.54) is 21.4 Å². The molecule has 1 radical (unpaired) electrons. The SMILES string of the molecule is O=C([B]C1CCN(CCCCC2(C(=O)NCC(F)(F)P)c3ccccc3-c3ccccc32)CC1)c1ccccc1-c1ccc(C(F)(F)F)cc1. The largest absolute Gasteiger partial charge is 0.416 e. The molecule has 1 saturated heterocycles. The number of nitrogens with one attached hydrogen (secondary N) is 1. The van der Waals surface area contributed by atoms with Gasteiger partial charge in [0, 0.05) is 5.56 Å². The molecule has 4 aromatic carbocycles. The monoisotopic (exact) mass is 703 g/mol. The molecule has 1 N–H and O–H groups in total. The highest BCUT2D eigenvalue weighted by Crippen LogP contribution is 2.51. The van der Waals surface area contributed by atoms with Crippen LogP contribution in [0.4, 0.5) is 22.0 Å². The number of carbonyl (C=O) groups is 2. The summed E-state index contributed by atoms with van der Waals surface area (Å²) in [6, 6.07) is 27.3. The average Bonchev–Trinajstić information content (AvgIpc) is 3.39. The van der Waals surface area contributed by atoms with Crippen LogP contribution in [-0.4, -0.2) is 55.6 Å². The van der Waals surface area contributed by atoms with E-state index in [-0.39, 0.29) is 11.5 Å². The first-order valence-electron chi connectivity index (χ1n) is 16.9. The number of alkyl halides is 5. The fourth-order valence-corrected chi connectivity index (χ4v) is 7.57. The molecular weight excluding hydrogens is 665 g/mol. The van der Waals surface area contributed by atoms with E-state index in [0.717, 1.165) is 73.3 Å². The van der Waals surface area contributed by atoms with E-state index in [9.17, 15) is 31.5 Å². The highest BCUT2D eigenvalue weighted by molar-refractivity contribution is 7.18. The molecule has 0 spiro atoms. The van der Waals surface area contributed by atoms with Crippen molar-refractivity contribution in [1.29, 1.82) is 0 Å². The molecule has 0 aromatic heterocycles. The van der Waals surface area contributed by atoms with Crippen molar-refractivity contribution in [3.8, 4) is 22.3 Å². The van der Waals surface area contributed by atoms with Gasteiger partial charge >= 0.3 is 6.18 Å². The Balaban J connectivity index is 1.05. The fourth-order valence-electron chi connectivity index (χ4n) is 7.46. The number of amides is 1. The van der Waals surface area contributed by atoms with Gasteiger partial charge in [0.2, 0.25) is 13.2 Å². The minimum Gasteiger partial charge on any atom is -0.349 e. The number of fused-ring (bicyclic) bond motifs is 3. The quantitative estimate of drug-likeness (QED) is 0.0695. The summed E-state index contributed by atoms with van der Waals surface area (Å²) in [5.74, 6) is -0.342. The van der Waals surface area contributed by atoms with Crippen LogP contribution in [0.3, 0.4) is 0 Å². The maximum atomic E-state index is 13.9. The van der Waals surface area contributed by atoms with Crippen molar-refractivity contribution in [3.63, 3.8) is 0 Å². The fraction of sp³-hybridized carbons (Fsp3) is 0.333. The van der Waals surface area contributed by atoms with Crippen molar-refractivity contribution in [2.75, 3.05) is 26.2 Å². The summed E-state index contributed by atoms with van der Waals surface area (Å²) in [5, 5.41) is 2.54. The number of hydrogen-bond acceptors (Lipinski definition) is 3. The lowest BCUT2D eigenvalue weighted by Crippen LogP contribution is -2.47. The zero-order chi connectivity index (χ0) is 35.5. The van der Waals surface area contributed by atoms with Gasteiger partial charge in [0.1, 0.15) is 11.1 Å². The van der Waals surface area contributed by atoms with Gasteiger partial charge in [-0.25, -0.2) is 8.78 Å². The topological polar surface area (TPSA) is 49.4 Å². The summed E-state index contributed by atoms with van der Waals surface area (Å²) in [7, 11) is 3.23. The van der Waals surface area contributed by atoms with Crippen molar-refractivity contribution in [3.05, 3.63) is 119 Å². The predicted molar refractivity (Wildman–Crippen MR) is 191 cm³/mol. The Kier molecular flexibility index (Phi) is 10.6. The van der Waals surface area contributed by atoms with Crippen LogP contribution in [-0.2, 0) is 16.4 Å². The maximum absolute atomic E-state index is 13.9. The molecule has 1 aliphatic heterocycles. The number of piperidine rings is 1. The molecule has 4 aromatic rings. The lowest BCUT2D eigenvalue weighted by Gasteiger charge is -2.33. The Bertz CT molecular complexity index is 1790. The molecule has 0 saturated carbocycles. The molecule has 1 heterocycles. The van der Waals surface area contributed by atoms with E-state index in [1.54, 1.807) is 31.5 Å². The molecular formula is C39H38BF5N2O2P. The molecule has 1 amide bonds. The molecule has 1 fully saturated rings. The van der Waals surface area contributed by atoms with E-state index >= 15 is 0 Å². The second kappa shape index (κ2) is 14.8. The number of likely N-dealkylation sites (tertiary alicyclic amines) is 1. The third kappa shape index (κ3) is 7.72. The lowest BCUT2D eigenvalue weighted by atomic mass is 9.56. The van der Waals surface area contributed by atoms with E-state index < -0.39 is 35.3 Å². The van der Waals surface area contributed by atoms with E-state index in [2.05, 4.69) is 10.2 Å². The van der Waals surface area contributed by atoms with Gasteiger partial charge < -0.3 is 15.0 Å². The highest BCUT2D eigenvalue weighted by Gasteiger charge is 2.48. The summed E-state index contributed by atoms with van der Waals surface area (Å²) >= 11 is 0. The van der Waals surface area contributed by atoms with E-state index in [4.69, 9.17) is 0 Å². The molecule has 0 bridgehead atoms. The van der Waals surface area contributed by atoms with Crippen LogP contribution in [0, 0.1) is 0 Å². The van der Waals surface area contributed by atoms with Crippen LogP contribution < -0.4 is 5.32 Å². The van der Waals surface area contributed by atoms with Gasteiger partial charge in [-0.1, -0.05) is 106 Å². The van der Waals surface area contributed by atoms with Crippen LogP contribution in [0.25, 0.3) is 22.3 Å². The van der Waals surface area contributed by atoms with E-state index in [0.29, 0.717) is 29.5 Å². The van der Waals surface area contributed by atoms with Gasteiger partial charge in [0.25, 0.3) is 5.66 Å². The normalized spacial score (nSPS) is 16.0. The molecule has 1 aliphatic carbocycles. The molecule has 1 atom stereocenters. The highest BCUT2D eigenvalue weighted by atomic mass is 31.0. The summed E-state index contributed by atoms with van der Waals surface area (Å²) in [6.07, 6.45) is -0.840. The van der Waals surface area contributed by atoms with Gasteiger partial charge in [0.15, 0.2) is 0 Å². The van der Waals surface area contributed by atoms with Crippen molar-refractivity contribution < 1.29 is 31.5 Å². The Morgan fingerprint density at radius 3 is 1.92 bits per heavy atom. The Morgan fingerprint density at radius 2 is 1.34 bits per heavy atom. The number of unbranched alkanes of at least 4 members (excludes halogenated alkanes) is 1. The second-order valence-electron chi connectivity index (χ2n) is 13.2. The van der Waals surface area contributed by atoms with Gasteiger partial charge in [-0.2, -0.15) is 13.2 Å². The first-order chi connectivity index (χ1) is 23.9. The minimum absolute atomic E-state index is 0.0766. The van der Waals surface area contributed by atoms with Crippen LogP contribution in [0.5, 0.6) is 0 Å². The number of rotatable bonds is 12. The predicted octanol–water partition coefficient (Wildman–Crippen LogP) is 8.82. The first-order valence-corrected chi connectivity index (χ1v) is 17.5. The summed E-state index contributed by atoms with van der Waals surface area (Å²) < 4.78 is 66.8. The van der Waals surface area contributed by atoms with Gasteiger partial charge in [-0.15, -0.1) is 0 Å². The summed E-state index contributed by atoms with van der Waals surface area (Å²) in [5.41, 5.74) is 0.136. The van der Waals surface area contributed by atoms with Crippen molar-refractivity contribution in [2.24, 2.45) is 0 Å². The van der Waals surface area contributed by atoms with Gasteiger partial charge in [-0.05, 0) is 90.8 Å². The Morgan fingerprint density at radius 1 is 0.780 bits per heavy atom. The number of halogens is 5. The van der Waals surface area contributed by atoms with E-state index in [1.807, 2.05) is 48.5 Å². The van der Waals surface area contributed by atoms with Crippen LogP contribution >= 0.6 is 9.24 Å². The standard InChI is InChI=1S/C39H38BF5N2O2P/c41-38(42,50)25-46-36(49)37(33-13-5-3-10-30(33)31-11-4-6-14-34(31)37)21-7-8-22-47-23-19-28(20-24-47)40-35(48)32-12-2-1-9-29(32)26-15-17-27(18-16-26)39(43,44)45/h1-6,9-18,28H,7-8,19-25,50H2,(H,46,49). The molecule has 11 heteroatoms. The number of benzene rings is 4. The molecule has 259 valence electrons. The summed E-state index contributed by atoms with van der Waals surface area (Å²) in [6.45, 7) is 1.64.